The third-order valence-electron chi connectivity index (χ3n) is 4.55. The van der Waals surface area contributed by atoms with E-state index in [1.807, 2.05) is 6.07 Å². The molecule has 0 bridgehead atoms. The minimum Gasteiger partial charge on any atom is -0.465 e. The van der Waals surface area contributed by atoms with E-state index in [0.29, 0.717) is 33.5 Å². The first-order valence-corrected chi connectivity index (χ1v) is 12.3. The second-order valence-electron chi connectivity index (χ2n) is 7.12. The lowest BCUT2D eigenvalue weighted by molar-refractivity contribution is -0.139. The third-order valence-corrected chi connectivity index (χ3v) is 6.07. The number of nitrogens with one attached hydrogen (secondary N) is 2. The molecule has 2 N–H and O–H groups in total. The third kappa shape index (κ3) is 8.17. The number of anilines is 1. The molecule has 0 aliphatic heterocycles. The standard InChI is InChI=1S/C26H22Cl2N2O4S/c1-2-34-24(31)16-35-21-10-6-9-20(15-21)29-26(33)23(13-18-11-12-19(27)14-22(18)28)30-25(32)17-7-4-3-5-8-17/h3-15H,2,16H2,1H3,(H,29,33)(H,30,32)/b23-13+. The largest absolute Gasteiger partial charge is 0.465 e. The van der Waals surface area contributed by atoms with Crippen LogP contribution in [0.25, 0.3) is 6.08 Å². The lowest BCUT2D eigenvalue weighted by Gasteiger charge is -2.12. The van der Waals surface area contributed by atoms with E-state index in [1.165, 1.54) is 17.8 Å². The molecule has 0 fully saturated rings. The van der Waals surface area contributed by atoms with Crippen LogP contribution in [0.4, 0.5) is 5.69 Å². The highest BCUT2D eigenvalue weighted by Gasteiger charge is 2.16. The number of carbonyl (C=O) groups is 3. The Morgan fingerprint density at radius 1 is 0.971 bits per heavy atom. The first kappa shape index (κ1) is 26.3. The SMILES string of the molecule is CCOC(=O)CSc1cccc(NC(=O)/C(=C\c2ccc(Cl)cc2Cl)NC(=O)c2ccccc2)c1. The van der Waals surface area contributed by atoms with Crippen LogP contribution in [0.3, 0.4) is 0 Å². The molecule has 180 valence electrons. The second-order valence-corrected chi connectivity index (χ2v) is 9.01. The number of hydrogen-bond donors (Lipinski definition) is 2. The molecule has 0 unspecified atom stereocenters. The maximum atomic E-state index is 13.2. The minimum atomic E-state index is -0.548. The van der Waals surface area contributed by atoms with Gasteiger partial charge in [-0.3, -0.25) is 14.4 Å². The van der Waals surface area contributed by atoms with Gasteiger partial charge in [-0.05, 0) is 61.0 Å². The van der Waals surface area contributed by atoms with Gasteiger partial charge >= 0.3 is 5.97 Å². The second kappa shape index (κ2) is 13.0. The highest BCUT2D eigenvalue weighted by molar-refractivity contribution is 8.00. The van der Waals surface area contributed by atoms with Gasteiger partial charge in [-0.2, -0.15) is 0 Å². The Hall–Kier alpha value is -3.26. The van der Waals surface area contributed by atoms with Gasteiger partial charge in [-0.15, -0.1) is 11.8 Å². The Kier molecular flexibility index (Phi) is 9.78. The van der Waals surface area contributed by atoms with Crippen LogP contribution in [-0.4, -0.2) is 30.1 Å². The lowest BCUT2D eigenvalue weighted by atomic mass is 10.1. The van der Waals surface area contributed by atoms with Gasteiger partial charge in [0.05, 0.1) is 12.4 Å². The molecule has 0 spiro atoms. The minimum absolute atomic E-state index is 0.00680. The van der Waals surface area contributed by atoms with E-state index in [9.17, 15) is 14.4 Å². The van der Waals surface area contributed by atoms with Gasteiger partial charge in [0.15, 0.2) is 0 Å². The Morgan fingerprint density at radius 3 is 2.46 bits per heavy atom. The van der Waals surface area contributed by atoms with Gasteiger partial charge in [-0.25, -0.2) is 0 Å². The van der Waals surface area contributed by atoms with Gasteiger partial charge < -0.3 is 15.4 Å². The zero-order chi connectivity index (χ0) is 25.2. The van der Waals surface area contributed by atoms with Crippen molar-refractivity contribution in [2.75, 3.05) is 17.7 Å². The van der Waals surface area contributed by atoms with Gasteiger partial charge in [0.1, 0.15) is 5.70 Å². The predicted octanol–water partition coefficient (Wildman–Crippen LogP) is 6.06. The van der Waals surface area contributed by atoms with Crippen LogP contribution in [0.5, 0.6) is 0 Å². The number of halogens is 2. The maximum absolute atomic E-state index is 13.2. The fraction of sp³-hybridized carbons (Fsp3) is 0.115. The van der Waals surface area contributed by atoms with Crippen LogP contribution in [0.15, 0.2) is 83.4 Å². The van der Waals surface area contributed by atoms with Crippen molar-refractivity contribution in [3.8, 4) is 0 Å². The summed E-state index contributed by atoms with van der Waals surface area (Å²) < 4.78 is 4.94. The molecular weight excluding hydrogens is 507 g/mol. The number of ether oxygens (including phenoxy) is 1. The lowest BCUT2D eigenvalue weighted by Crippen LogP contribution is -2.30. The molecule has 0 aliphatic rings. The number of carbonyl (C=O) groups excluding carboxylic acids is 3. The fourth-order valence-electron chi connectivity index (χ4n) is 2.92. The molecule has 3 aromatic rings. The first-order valence-electron chi connectivity index (χ1n) is 10.6. The van der Waals surface area contributed by atoms with Crippen molar-refractivity contribution in [1.29, 1.82) is 0 Å². The molecule has 0 saturated heterocycles. The van der Waals surface area contributed by atoms with E-state index in [-0.39, 0.29) is 17.4 Å². The molecule has 0 radical (unpaired) electrons. The average Bonchev–Trinajstić information content (AvgIpc) is 2.84. The van der Waals surface area contributed by atoms with E-state index in [0.717, 1.165) is 4.90 Å². The number of rotatable bonds is 9. The van der Waals surface area contributed by atoms with Gasteiger partial charge in [-0.1, -0.05) is 53.5 Å². The summed E-state index contributed by atoms with van der Waals surface area (Å²) in [5, 5.41) is 6.22. The van der Waals surface area contributed by atoms with E-state index < -0.39 is 11.8 Å². The summed E-state index contributed by atoms with van der Waals surface area (Å²) in [4.78, 5) is 38.3. The molecule has 9 heteroatoms. The highest BCUT2D eigenvalue weighted by Crippen LogP contribution is 2.24. The average molecular weight is 529 g/mol. The van der Waals surface area contributed by atoms with Crippen LogP contribution >= 0.6 is 35.0 Å². The summed E-state index contributed by atoms with van der Waals surface area (Å²) in [6.45, 7) is 2.06. The molecule has 0 aliphatic carbocycles. The van der Waals surface area contributed by atoms with Gasteiger partial charge in [0, 0.05) is 26.2 Å². The Balaban J connectivity index is 1.82. The fourth-order valence-corrected chi connectivity index (χ4v) is 4.14. The Morgan fingerprint density at radius 2 is 1.74 bits per heavy atom. The van der Waals surface area contributed by atoms with Crippen molar-refractivity contribution >= 4 is 64.5 Å². The van der Waals surface area contributed by atoms with Crippen LogP contribution < -0.4 is 10.6 Å². The maximum Gasteiger partial charge on any atom is 0.316 e. The first-order chi connectivity index (χ1) is 16.9. The summed E-state index contributed by atoms with van der Waals surface area (Å²) in [6, 6.07) is 20.4. The quantitative estimate of drug-likeness (QED) is 0.200. The zero-order valence-corrected chi connectivity index (χ0v) is 21.0. The number of esters is 1. The molecule has 3 aromatic carbocycles. The molecule has 2 amide bonds. The van der Waals surface area contributed by atoms with Crippen molar-refractivity contribution in [3.63, 3.8) is 0 Å². The smallest absolute Gasteiger partial charge is 0.316 e. The normalized spacial score (nSPS) is 11.0. The predicted molar refractivity (Wildman–Crippen MR) is 141 cm³/mol. The summed E-state index contributed by atoms with van der Waals surface area (Å²) >= 11 is 13.6. The Labute approximate surface area is 217 Å². The summed E-state index contributed by atoms with van der Waals surface area (Å²) in [7, 11) is 0. The number of thioether (sulfide) groups is 1. The van der Waals surface area contributed by atoms with Crippen molar-refractivity contribution in [1.82, 2.24) is 5.32 Å². The number of benzene rings is 3. The van der Waals surface area contributed by atoms with Crippen molar-refractivity contribution in [2.45, 2.75) is 11.8 Å². The van der Waals surface area contributed by atoms with E-state index in [2.05, 4.69) is 10.6 Å². The molecule has 0 atom stereocenters. The zero-order valence-electron chi connectivity index (χ0n) is 18.7. The van der Waals surface area contributed by atoms with E-state index in [4.69, 9.17) is 27.9 Å². The van der Waals surface area contributed by atoms with Gasteiger partial charge in [0.2, 0.25) is 0 Å². The van der Waals surface area contributed by atoms with Crippen LogP contribution in [0.2, 0.25) is 10.0 Å². The molecule has 6 nitrogen and oxygen atoms in total. The monoisotopic (exact) mass is 528 g/mol. The van der Waals surface area contributed by atoms with E-state index in [1.54, 1.807) is 73.7 Å². The molecule has 3 rings (SSSR count). The molecule has 0 saturated carbocycles. The topological polar surface area (TPSA) is 84.5 Å². The summed E-state index contributed by atoms with van der Waals surface area (Å²) in [6.07, 6.45) is 1.48. The number of hydrogen-bond acceptors (Lipinski definition) is 5. The number of amides is 2. The van der Waals surface area contributed by atoms with Crippen molar-refractivity contribution in [2.24, 2.45) is 0 Å². The summed E-state index contributed by atoms with van der Waals surface area (Å²) in [5.41, 5.74) is 1.39. The van der Waals surface area contributed by atoms with Crippen molar-refractivity contribution in [3.05, 3.63) is 99.7 Å². The highest BCUT2D eigenvalue weighted by atomic mass is 35.5. The molecular formula is C26H22Cl2N2O4S. The van der Waals surface area contributed by atoms with E-state index >= 15 is 0 Å². The Bertz CT molecular complexity index is 1250. The molecule has 0 aromatic heterocycles. The molecule has 35 heavy (non-hydrogen) atoms. The van der Waals surface area contributed by atoms with Crippen LogP contribution in [-0.2, 0) is 14.3 Å². The van der Waals surface area contributed by atoms with Crippen LogP contribution in [0.1, 0.15) is 22.8 Å². The van der Waals surface area contributed by atoms with Crippen LogP contribution in [0, 0.1) is 0 Å². The van der Waals surface area contributed by atoms with Gasteiger partial charge in [0.25, 0.3) is 11.8 Å². The molecule has 0 heterocycles. The van der Waals surface area contributed by atoms with Crippen molar-refractivity contribution < 1.29 is 19.1 Å². The summed E-state index contributed by atoms with van der Waals surface area (Å²) in [5.74, 6) is -1.16.